The molecule has 1 aliphatic carbocycles. The van der Waals surface area contributed by atoms with Crippen LogP contribution in [0.2, 0.25) is 0 Å². The maximum Gasteiger partial charge on any atom is 0.225 e. The molecule has 176 valence electrons. The summed E-state index contributed by atoms with van der Waals surface area (Å²) in [6.07, 6.45) is 8.07. The first-order valence-corrected chi connectivity index (χ1v) is 11.2. The minimum Gasteiger partial charge on any atom is -0.457 e. The summed E-state index contributed by atoms with van der Waals surface area (Å²) in [5.74, 6) is 2.50. The number of nitrogens with zero attached hydrogens (tertiary/aromatic N) is 8. The number of aromatic nitrogens is 7. The molecule has 1 saturated carbocycles. The summed E-state index contributed by atoms with van der Waals surface area (Å²) in [4.78, 5) is 23.8. The fourth-order valence-electron chi connectivity index (χ4n) is 3.90. The van der Waals surface area contributed by atoms with Gasteiger partial charge < -0.3 is 20.1 Å². The van der Waals surface area contributed by atoms with Gasteiger partial charge in [-0.25, -0.2) is 29.4 Å². The van der Waals surface area contributed by atoms with Gasteiger partial charge in [0.05, 0.1) is 11.8 Å². The summed E-state index contributed by atoms with van der Waals surface area (Å²) in [6, 6.07) is 9.48. The zero-order valence-corrected chi connectivity index (χ0v) is 19.3. The molecule has 6 rings (SSSR count). The van der Waals surface area contributed by atoms with Crippen molar-refractivity contribution >= 4 is 34.1 Å². The molecular formula is C24H23N9O2. The number of fused-ring (bicyclic) bond motifs is 2. The molecule has 0 radical (unpaired) electrons. The van der Waals surface area contributed by atoms with Gasteiger partial charge in [0.1, 0.15) is 35.2 Å². The zero-order chi connectivity index (χ0) is 24.0. The van der Waals surface area contributed by atoms with Crippen LogP contribution in [0.1, 0.15) is 18.4 Å². The Balaban J connectivity index is 1.24. The number of hydrogen-bond acceptors (Lipinski definition) is 10. The maximum atomic E-state index is 10.2. The van der Waals surface area contributed by atoms with Gasteiger partial charge in [0.25, 0.3) is 0 Å². The van der Waals surface area contributed by atoms with Crippen molar-refractivity contribution in [3.63, 3.8) is 0 Å². The van der Waals surface area contributed by atoms with Gasteiger partial charge in [-0.15, -0.1) is 0 Å². The molecule has 0 bridgehead atoms. The van der Waals surface area contributed by atoms with E-state index in [-0.39, 0.29) is 0 Å². The molecule has 5 aromatic rings. The lowest BCUT2D eigenvalue weighted by Gasteiger charge is -2.20. The quantitative estimate of drug-likeness (QED) is 0.367. The largest absolute Gasteiger partial charge is 0.457 e. The SMILES string of the molecule is Cc1cc(Nc2ncnc3cnc(N(C)CC4(O)CC4)nc23)ccc1Oc1ccn2ncnc2c1. The molecule has 1 aliphatic rings. The van der Waals surface area contributed by atoms with Gasteiger partial charge in [0, 0.05) is 31.5 Å². The van der Waals surface area contributed by atoms with Crippen molar-refractivity contribution in [1.82, 2.24) is 34.5 Å². The van der Waals surface area contributed by atoms with Crippen LogP contribution in [-0.4, -0.2) is 58.8 Å². The molecule has 35 heavy (non-hydrogen) atoms. The van der Waals surface area contributed by atoms with Crippen LogP contribution in [0.5, 0.6) is 11.5 Å². The van der Waals surface area contributed by atoms with Crippen LogP contribution in [0.3, 0.4) is 0 Å². The molecular weight excluding hydrogens is 446 g/mol. The Hall–Kier alpha value is -4.38. The summed E-state index contributed by atoms with van der Waals surface area (Å²) < 4.78 is 7.75. The van der Waals surface area contributed by atoms with E-state index in [1.54, 1.807) is 10.7 Å². The number of likely N-dealkylation sites (N-methyl/N-ethyl adjacent to an activating group) is 1. The van der Waals surface area contributed by atoms with Crippen LogP contribution >= 0.6 is 0 Å². The minimum atomic E-state index is -0.635. The molecule has 4 heterocycles. The van der Waals surface area contributed by atoms with Crippen LogP contribution in [-0.2, 0) is 0 Å². The molecule has 0 aliphatic heterocycles. The van der Waals surface area contributed by atoms with Gasteiger partial charge in [0.2, 0.25) is 5.95 Å². The second-order valence-corrected chi connectivity index (χ2v) is 8.84. The molecule has 1 aromatic carbocycles. The Bertz CT molecular complexity index is 1550. The number of ether oxygens (including phenoxy) is 1. The Morgan fingerprint density at radius 1 is 1.11 bits per heavy atom. The van der Waals surface area contributed by atoms with E-state index in [1.165, 1.54) is 12.7 Å². The standard InChI is InChI=1S/C24H23N9O2/c1-15-9-16(3-4-19(15)35-17-5-8-33-20(10-17)27-14-29-33)30-22-21-18(26-13-28-22)11-25-23(31-21)32(2)12-24(34)6-7-24/h3-5,8-11,13-14,34H,6-7,12H2,1-2H3,(H,26,28,30). The molecule has 11 heteroatoms. The molecule has 0 saturated heterocycles. The second kappa shape index (κ2) is 8.13. The first-order valence-electron chi connectivity index (χ1n) is 11.2. The number of nitrogens with one attached hydrogen (secondary N) is 1. The molecule has 11 nitrogen and oxygen atoms in total. The summed E-state index contributed by atoms with van der Waals surface area (Å²) in [7, 11) is 1.87. The monoisotopic (exact) mass is 469 g/mol. The highest BCUT2D eigenvalue weighted by Crippen LogP contribution is 2.36. The average molecular weight is 470 g/mol. The molecule has 0 amide bonds. The number of hydrogen-bond donors (Lipinski definition) is 2. The minimum absolute atomic E-state index is 0.486. The van der Waals surface area contributed by atoms with Crippen LogP contribution in [0.15, 0.2) is 55.4 Å². The highest BCUT2D eigenvalue weighted by molar-refractivity contribution is 5.87. The number of pyridine rings is 1. The highest BCUT2D eigenvalue weighted by atomic mass is 16.5. The fourth-order valence-corrected chi connectivity index (χ4v) is 3.90. The van der Waals surface area contributed by atoms with Gasteiger partial charge in [-0.3, -0.25) is 0 Å². The zero-order valence-electron chi connectivity index (χ0n) is 19.3. The Morgan fingerprint density at radius 2 is 2.00 bits per heavy atom. The lowest BCUT2D eigenvalue weighted by molar-refractivity contribution is 0.157. The summed E-state index contributed by atoms with van der Waals surface area (Å²) >= 11 is 0. The van der Waals surface area contributed by atoms with Gasteiger partial charge in [-0.2, -0.15) is 5.10 Å². The van der Waals surface area contributed by atoms with E-state index in [0.29, 0.717) is 40.7 Å². The number of rotatable bonds is 7. The van der Waals surface area contributed by atoms with E-state index in [1.807, 2.05) is 55.4 Å². The van der Waals surface area contributed by atoms with E-state index >= 15 is 0 Å². The van der Waals surface area contributed by atoms with Gasteiger partial charge in [0.15, 0.2) is 11.5 Å². The first kappa shape index (κ1) is 21.2. The maximum absolute atomic E-state index is 10.2. The van der Waals surface area contributed by atoms with Gasteiger partial charge in [-0.05, 0) is 49.6 Å². The Kier molecular flexibility index (Phi) is 4.92. The number of aryl methyl sites for hydroxylation is 1. The van der Waals surface area contributed by atoms with Crippen LogP contribution in [0.25, 0.3) is 16.7 Å². The lowest BCUT2D eigenvalue weighted by atomic mass is 10.2. The van der Waals surface area contributed by atoms with Crippen LogP contribution < -0.4 is 15.0 Å². The van der Waals surface area contributed by atoms with Crippen LogP contribution in [0.4, 0.5) is 17.5 Å². The van der Waals surface area contributed by atoms with Crippen molar-refractivity contribution < 1.29 is 9.84 Å². The third-order valence-corrected chi connectivity index (χ3v) is 5.98. The number of aliphatic hydroxyl groups is 1. The van der Waals surface area contributed by atoms with Crippen molar-refractivity contribution in [2.45, 2.75) is 25.4 Å². The predicted molar refractivity (Wildman–Crippen MR) is 130 cm³/mol. The summed E-state index contributed by atoms with van der Waals surface area (Å²) in [5.41, 5.74) is 3.10. The topological polar surface area (TPSA) is 126 Å². The second-order valence-electron chi connectivity index (χ2n) is 8.84. The number of anilines is 3. The van der Waals surface area contributed by atoms with E-state index in [9.17, 15) is 5.11 Å². The molecule has 1 fully saturated rings. The van der Waals surface area contributed by atoms with E-state index < -0.39 is 5.60 Å². The average Bonchev–Trinajstić information content (AvgIpc) is 3.38. The number of benzene rings is 1. The van der Waals surface area contributed by atoms with E-state index in [4.69, 9.17) is 4.74 Å². The third kappa shape index (κ3) is 4.28. The lowest BCUT2D eigenvalue weighted by Crippen LogP contribution is -2.31. The summed E-state index contributed by atoms with van der Waals surface area (Å²) in [6.45, 7) is 2.46. The Morgan fingerprint density at radius 3 is 2.83 bits per heavy atom. The smallest absolute Gasteiger partial charge is 0.225 e. The first-order chi connectivity index (χ1) is 17.0. The van der Waals surface area contributed by atoms with E-state index in [2.05, 4.69) is 35.3 Å². The summed E-state index contributed by atoms with van der Waals surface area (Å²) in [5, 5.41) is 17.7. The molecule has 0 spiro atoms. The van der Waals surface area contributed by atoms with Crippen molar-refractivity contribution in [2.75, 3.05) is 23.8 Å². The normalized spacial score (nSPS) is 14.3. The fraction of sp³-hybridized carbons (Fsp3) is 0.250. The molecule has 4 aromatic heterocycles. The van der Waals surface area contributed by atoms with Crippen molar-refractivity contribution in [3.8, 4) is 11.5 Å². The van der Waals surface area contributed by atoms with E-state index in [0.717, 1.165) is 29.8 Å². The molecule has 0 unspecified atom stereocenters. The van der Waals surface area contributed by atoms with Gasteiger partial charge >= 0.3 is 0 Å². The molecule has 2 N–H and O–H groups in total. The van der Waals surface area contributed by atoms with Crippen molar-refractivity contribution in [2.24, 2.45) is 0 Å². The van der Waals surface area contributed by atoms with Crippen LogP contribution in [0, 0.1) is 6.92 Å². The van der Waals surface area contributed by atoms with Crippen molar-refractivity contribution in [1.29, 1.82) is 0 Å². The Labute approximate surface area is 200 Å². The third-order valence-electron chi connectivity index (χ3n) is 5.98. The molecule has 0 atom stereocenters. The predicted octanol–water partition coefficient (Wildman–Crippen LogP) is 3.27. The highest BCUT2D eigenvalue weighted by Gasteiger charge is 2.41. The van der Waals surface area contributed by atoms with Crippen molar-refractivity contribution in [3.05, 3.63) is 60.9 Å². The van der Waals surface area contributed by atoms with Gasteiger partial charge in [-0.1, -0.05) is 0 Å².